The Labute approximate surface area is 168 Å². The molecule has 0 amide bonds. The Morgan fingerprint density at radius 2 is 2.04 bits per heavy atom. The fourth-order valence-corrected chi connectivity index (χ4v) is 3.11. The van der Waals surface area contributed by atoms with E-state index in [1.807, 2.05) is 18.2 Å². The lowest BCUT2D eigenvalue weighted by Crippen LogP contribution is -2.38. The summed E-state index contributed by atoms with van der Waals surface area (Å²) in [5, 5.41) is 6.52. The molecule has 0 aliphatic carbocycles. The second-order valence-electron chi connectivity index (χ2n) is 5.23. The minimum absolute atomic E-state index is 0. The summed E-state index contributed by atoms with van der Waals surface area (Å²) in [6.07, 6.45) is 0. The maximum Gasteiger partial charge on any atom is 0.231 e. The van der Waals surface area contributed by atoms with Gasteiger partial charge in [0.1, 0.15) is 12.4 Å². The summed E-state index contributed by atoms with van der Waals surface area (Å²) in [6.45, 7) is 4.32. The van der Waals surface area contributed by atoms with E-state index in [2.05, 4.69) is 34.7 Å². The normalized spacial score (nSPS) is 12.5. The van der Waals surface area contributed by atoms with Gasteiger partial charge in [0, 0.05) is 22.9 Å². The van der Waals surface area contributed by atoms with E-state index in [4.69, 9.17) is 14.2 Å². The van der Waals surface area contributed by atoms with Crippen molar-refractivity contribution in [3.63, 3.8) is 0 Å². The maximum atomic E-state index is 5.71. The Morgan fingerprint density at radius 3 is 2.80 bits per heavy atom. The Morgan fingerprint density at radius 1 is 1.20 bits per heavy atom. The summed E-state index contributed by atoms with van der Waals surface area (Å²) in [5.41, 5.74) is 0. The molecule has 1 aliphatic rings. The van der Waals surface area contributed by atoms with Crippen LogP contribution in [0, 0.1) is 6.92 Å². The Kier molecular flexibility index (Phi) is 7.63. The highest BCUT2D eigenvalue weighted by Crippen LogP contribution is 2.34. The summed E-state index contributed by atoms with van der Waals surface area (Å²) < 4.78 is 16.3. The molecule has 1 aliphatic heterocycles. The molecule has 6 nitrogen and oxygen atoms in total. The van der Waals surface area contributed by atoms with E-state index in [1.165, 1.54) is 9.75 Å². The number of hydrogen-bond donors (Lipinski definition) is 2. The second kappa shape index (κ2) is 9.71. The minimum Gasteiger partial charge on any atom is -0.492 e. The minimum atomic E-state index is 0. The predicted molar refractivity (Wildman–Crippen MR) is 111 cm³/mol. The summed E-state index contributed by atoms with van der Waals surface area (Å²) in [5.74, 6) is 3.01. The van der Waals surface area contributed by atoms with Crippen molar-refractivity contribution in [3.8, 4) is 17.2 Å². The number of guanidine groups is 1. The summed E-state index contributed by atoms with van der Waals surface area (Å²) in [7, 11) is 1.76. The quantitative estimate of drug-likeness (QED) is 0.291. The average molecular weight is 475 g/mol. The molecule has 2 N–H and O–H groups in total. The van der Waals surface area contributed by atoms with Crippen LogP contribution in [0.2, 0.25) is 0 Å². The van der Waals surface area contributed by atoms with Crippen molar-refractivity contribution in [2.24, 2.45) is 4.99 Å². The largest absolute Gasteiger partial charge is 0.492 e. The van der Waals surface area contributed by atoms with Gasteiger partial charge in [-0.2, -0.15) is 0 Å². The predicted octanol–water partition coefficient (Wildman–Crippen LogP) is 3.15. The fourth-order valence-electron chi connectivity index (χ4n) is 2.28. The van der Waals surface area contributed by atoms with Crippen LogP contribution in [-0.4, -0.2) is 33.0 Å². The van der Waals surface area contributed by atoms with Gasteiger partial charge in [-0.3, -0.25) is 4.99 Å². The molecule has 0 unspecified atom stereocenters. The number of nitrogens with one attached hydrogen (secondary N) is 2. The monoisotopic (exact) mass is 475 g/mol. The lowest BCUT2D eigenvalue weighted by molar-refractivity contribution is 0.173. The van der Waals surface area contributed by atoms with Gasteiger partial charge in [-0.1, -0.05) is 0 Å². The van der Waals surface area contributed by atoms with Gasteiger partial charge < -0.3 is 24.8 Å². The molecule has 0 fully saturated rings. The fraction of sp³-hybridized carbons (Fsp3) is 0.353. The van der Waals surface area contributed by atoms with Crippen LogP contribution >= 0.6 is 35.3 Å². The summed E-state index contributed by atoms with van der Waals surface area (Å²) in [6, 6.07) is 9.82. The molecule has 136 valence electrons. The topological polar surface area (TPSA) is 64.1 Å². The third-order valence-electron chi connectivity index (χ3n) is 3.46. The molecule has 0 atom stereocenters. The molecule has 0 spiro atoms. The number of benzene rings is 1. The number of nitrogens with zero attached hydrogens (tertiary/aromatic N) is 1. The molecule has 3 rings (SSSR count). The van der Waals surface area contributed by atoms with Gasteiger partial charge in [0.05, 0.1) is 13.1 Å². The number of aryl methyl sites for hydroxylation is 1. The molecule has 1 aromatic heterocycles. The molecule has 0 bridgehead atoms. The molecular weight excluding hydrogens is 453 g/mol. The van der Waals surface area contributed by atoms with Crippen molar-refractivity contribution in [1.29, 1.82) is 0 Å². The first kappa shape index (κ1) is 19.6. The highest BCUT2D eigenvalue weighted by molar-refractivity contribution is 14.0. The number of ether oxygens (including phenoxy) is 3. The maximum absolute atomic E-state index is 5.71. The van der Waals surface area contributed by atoms with Crippen molar-refractivity contribution in [1.82, 2.24) is 10.6 Å². The van der Waals surface area contributed by atoms with Crippen molar-refractivity contribution >= 4 is 41.3 Å². The number of fused-ring (bicyclic) bond motifs is 1. The standard InChI is InChI=1S/C17H21N3O3S.HI/c1-12-3-5-14(24-12)10-20-17(18-2)19-7-8-21-13-4-6-15-16(9-13)23-11-22-15;/h3-6,9H,7-8,10-11H2,1-2H3,(H2,18,19,20);1H. The Bertz CT molecular complexity index is 721. The SMILES string of the molecule is CN=C(NCCOc1ccc2c(c1)OCO2)NCc1ccc(C)s1.I. The van der Waals surface area contributed by atoms with Gasteiger partial charge in [0.2, 0.25) is 6.79 Å². The zero-order valence-electron chi connectivity index (χ0n) is 14.2. The number of thiophene rings is 1. The number of halogens is 1. The molecule has 2 heterocycles. The Balaban J connectivity index is 0.00000225. The third kappa shape index (κ3) is 5.67. The molecule has 1 aromatic carbocycles. The van der Waals surface area contributed by atoms with Crippen LogP contribution in [0.4, 0.5) is 0 Å². The van der Waals surface area contributed by atoms with E-state index in [0.717, 1.165) is 29.8 Å². The van der Waals surface area contributed by atoms with Crippen molar-refractivity contribution in [2.45, 2.75) is 13.5 Å². The van der Waals surface area contributed by atoms with Crippen LogP contribution in [0.1, 0.15) is 9.75 Å². The molecule has 0 radical (unpaired) electrons. The third-order valence-corrected chi connectivity index (χ3v) is 4.46. The van der Waals surface area contributed by atoms with Gasteiger partial charge >= 0.3 is 0 Å². The molecule has 2 aromatic rings. The van der Waals surface area contributed by atoms with Crippen LogP contribution in [0.15, 0.2) is 35.3 Å². The zero-order chi connectivity index (χ0) is 16.8. The van der Waals surface area contributed by atoms with Crippen LogP contribution in [0.5, 0.6) is 17.2 Å². The Hall–Kier alpha value is -1.68. The number of rotatable bonds is 6. The van der Waals surface area contributed by atoms with Crippen molar-refractivity contribution in [2.75, 3.05) is 27.0 Å². The van der Waals surface area contributed by atoms with E-state index in [-0.39, 0.29) is 30.8 Å². The number of hydrogen-bond acceptors (Lipinski definition) is 5. The smallest absolute Gasteiger partial charge is 0.231 e. The van der Waals surface area contributed by atoms with Crippen molar-refractivity contribution < 1.29 is 14.2 Å². The molecule has 25 heavy (non-hydrogen) atoms. The zero-order valence-corrected chi connectivity index (χ0v) is 17.4. The average Bonchev–Trinajstić information content (AvgIpc) is 3.22. The van der Waals surface area contributed by atoms with E-state index in [1.54, 1.807) is 18.4 Å². The summed E-state index contributed by atoms with van der Waals surface area (Å²) in [4.78, 5) is 6.80. The van der Waals surface area contributed by atoms with Crippen LogP contribution in [0.3, 0.4) is 0 Å². The lowest BCUT2D eigenvalue weighted by atomic mass is 10.3. The van der Waals surface area contributed by atoms with E-state index >= 15 is 0 Å². The lowest BCUT2D eigenvalue weighted by Gasteiger charge is -2.12. The molecule has 0 saturated heterocycles. The van der Waals surface area contributed by atoms with Gasteiger partial charge in [-0.05, 0) is 31.2 Å². The molecular formula is C17H22IN3O3S. The first-order chi connectivity index (χ1) is 11.7. The number of aliphatic imine (C=N–C) groups is 1. The van der Waals surface area contributed by atoms with Gasteiger partial charge in [0.25, 0.3) is 0 Å². The summed E-state index contributed by atoms with van der Waals surface area (Å²) >= 11 is 1.78. The first-order valence-electron chi connectivity index (χ1n) is 7.77. The molecule has 0 saturated carbocycles. The molecule has 8 heteroatoms. The van der Waals surface area contributed by atoms with E-state index in [0.29, 0.717) is 13.2 Å². The van der Waals surface area contributed by atoms with Gasteiger partial charge in [-0.15, -0.1) is 35.3 Å². The highest BCUT2D eigenvalue weighted by atomic mass is 127. The highest BCUT2D eigenvalue weighted by Gasteiger charge is 2.13. The first-order valence-corrected chi connectivity index (χ1v) is 8.58. The van der Waals surface area contributed by atoms with E-state index in [9.17, 15) is 0 Å². The second-order valence-corrected chi connectivity index (χ2v) is 6.60. The van der Waals surface area contributed by atoms with E-state index < -0.39 is 0 Å². The van der Waals surface area contributed by atoms with Crippen molar-refractivity contribution in [3.05, 3.63) is 40.1 Å². The van der Waals surface area contributed by atoms with Gasteiger partial charge in [0.15, 0.2) is 17.5 Å². The van der Waals surface area contributed by atoms with Crippen LogP contribution in [-0.2, 0) is 6.54 Å². The van der Waals surface area contributed by atoms with Gasteiger partial charge in [-0.25, -0.2) is 0 Å². The van der Waals surface area contributed by atoms with Crippen LogP contribution < -0.4 is 24.8 Å². The van der Waals surface area contributed by atoms with Crippen LogP contribution in [0.25, 0.3) is 0 Å².